The van der Waals surface area contributed by atoms with Crippen LogP contribution in [0.25, 0.3) is 0 Å². The lowest BCUT2D eigenvalue weighted by Gasteiger charge is -2.36. The van der Waals surface area contributed by atoms with Gasteiger partial charge in [-0.15, -0.1) is 0 Å². The van der Waals surface area contributed by atoms with Crippen LogP contribution in [0, 0.1) is 5.82 Å². The first-order valence-corrected chi connectivity index (χ1v) is 12.3. The number of oxime groups is 1. The van der Waals surface area contributed by atoms with Gasteiger partial charge in [0.05, 0.1) is 11.3 Å². The quantitative estimate of drug-likeness (QED) is 0.646. The van der Waals surface area contributed by atoms with Gasteiger partial charge in [0.25, 0.3) is 0 Å². The summed E-state index contributed by atoms with van der Waals surface area (Å²) in [6.07, 6.45) is 2.16. The van der Waals surface area contributed by atoms with Gasteiger partial charge in [-0.1, -0.05) is 35.5 Å². The second-order valence-corrected chi connectivity index (χ2v) is 10.1. The molecule has 0 radical (unpaired) electrons. The topological polar surface area (TPSA) is 97.3 Å². The third kappa shape index (κ3) is 5.69. The number of alkyl carbamates (subject to hydrolysis) is 1. The largest absolute Gasteiger partial charge is 0.413 e. The van der Waals surface area contributed by atoms with Crippen molar-refractivity contribution in [3.8, 4) is 0 Å². The van der Waals surface area contributed by atoms with Crippen molar-refractivity contribution in [2.45, 2.75) is 42.6 Å². The van der Waals surface area contributed by atoms with Crippen LogP contribution in [0.2, 0.25) is 0 Å². The SMILES string of the molecule is O=C(NCCCc1ccccc1)OC1=NOC2(CCN(S(=O)(=O)c3ccc(F)cc3)CC2)C1. The molecule has 0 aliphatic carbocycles. The van der Waals surface area contributed by atoms with Gasteiger partial charge in [0, 0.05) is 32.5 Å². The third-order valence-electron chi connectivity index (χ3n) is 5.86. The fourth-order valence-electron chi connectivity index (χ4n) is 3.97. The van der Waals surface area contributed by atoms with E-state index in [2.05, 4.69) is 10.5 Å². The average molecular weight is 476 g/mol. The van der Waals surface area contributed by atoms with Gasteiger partial charge in [0.2, 0.25) is 15.9 Å². The highest BCUT2D eigenvalue weighted by Crippen LogP contribution is 2.36. The predicted molar refractivity (Wildman–Crippen MR) is 120 cm³/mol. The summed E-state index contributed by atoms with van der Waals surface area (Å²) in [4.78, 5) is 17.7. The van der Waals surface area contributed by atoms with Crippen molar-refractivity contribution in [1.82, 2.24) is 9.62 Å². The number of sulfonamides is 1. The number of aryl methyl sites for hydroxylation is 1. The summed E-state index contributed by atoms with van der Waals surface area (Å²) in [5, 5.41) is 6.62. The average Bonchev–Trinajstić information content (AvgIpc) is 3.19. The summed E-state index contributed by atoms with van der Waals surface area (Å²) in [6, 6.07) is 14.8. The molecular weight excluding hydrogens is 449 g/mol. The van der Waals surface area contributed by atoms with E-state index >= 15 is 0 Å². The van der Waals surface area contributed by atoms with Crippen LogP contribution < -0.4 is 5.32 Å². The van der Waals surface area contributed by atoms with Crippen LogP contribution in [-0.2, 0) is 26.0 Å². The van der Waals surface area contributed by atoms with Gasteiger partial charge in [0.15, 0.2) is 0 Å². The molecule has 2 heterocycles. The van der Waals surface area contributed by atoms with E-state index in [1.807, 2.05) is 30.3 Å². The van der Waals surface area contributed by atoms with Gasteiger partial charge < -0.3 is 14.9 Å². The number of carbonyl (C=O) groups is 1. The molecule has 0 saturated carbocycles. The first kappa shape index (κ1) is 23.2. The molecule has 1 N–H and O–H groups in total. The maximum absolute atomic E-state index is 13.1. The Balaban J connectivity index is 1.21. The zero-order valence-corrected chi connectivity index (χ0v) is 18.9. The van der Waals surface area contributed by atoms with Gasteiger partial charge in [-0.05, 0) is 42.7 Å². The Kier molecular flexibility index (Phi) is 6.94. The molecule has 0 unspecified atom stereocenters. The molecular formula is C23H26FN3O5S. The summed E-state index contributed by atoms with van der Waals surface area (Å²) in [7, 11) is -3.71. The Morgan fingerprint density at radius 1 is 1.12 bits per heavy atom. The van der Waals surface area contributed by atoms with E-state index in [1.165, 1.54) is 22.0 Å². The van der Waals surface area contributed by atoms with Crippen LogP contribution >= 0.6 is 0 Å². The molecule has 0 aromatic heterocycles. The van der Waals surface area contributed by atoms with Crippen LogP contribution in [0.5, 0.6) is 0 Å². The van der Waals surface area contributed by atoms with E-state index in [0.717, 1.165) is 25.0 Å². The van der Waals surface area contributed by atoms with E-state index < -0.39 is 27.5 Å². The van der Waals surface area contributed by atoms with Crippen LogP contribution in [0.15, 0.2) is 64.6 Å². The summed E-state index contributed by atoms with van der Waals surface area (Å²) in [5.74, 6) is -0.304. The molecule has 0 atom stereocenters. The highest BCUT2D eigenvalue weighted by Gasteiger charge is 2.45. The molecule has 10 heteroatoms. The maximum Gasteiger partial charge on any atom is 0.413 e. The number of nitrogens with zero attached hydrogens (tertiary/aromatic N) is 2. The lowest BCUT2D eigenvalue weighted by atomic mass is 9.89. The molecule has 8 nitrogen and oxygen atoms in total. The second-order valence-electron chi connectivity index (χ2n) is 8.20. The fourth-order valence-corrected chi connectivity index (χ4v) is 5.41. The Morgan fingerprint density at radius 2 is 1.82 bits per heavy atom. The van der Waals surface area contributed by atoms with Crippen LogP contribution in [0.4, 0.5) is 9.18 Å². The Bertz CT molecular complexity index is 1100. The van der Waals surface area contributed by atoms with Crippen LogP contribution in [0.3, 0.4) is 0 Å². The molecule has 2 aromatic carbocycles. The van der Waals surface area contributed by atoms with Crippen LogP contribution in [0.1, 0.15) is 31.2 Å². The summed E-state index contributed by atoms with van der Waals surface area (Å²) < 4.78 is 45.3. The number of ether oxygens (including phenoxy) is 1. The minimum atomic E-state index is -3.71. The molecule has 1 spiro atoms. The van der Waals surface area contributed by atoms with E-state index in [4.69, 9.17) is 9.57 Å². The maximum atomic E-state index is 13.1. The third-order valence-corrected chi connectivity index (χ3v) is 7.78. The zero-order chi connectivity index (χ0) is 23.3. The molecule has 1 fully saturated rings. The van der Waals surface area contributed by atoms with Gasteiger partial charge in [-0.3, -0.25) is 0 Å². The summed E-state index contributed by atoms with van der Waals surface area (Å²) in [6.45, 7) is 0.936. The lowest BCUT2D eigenvalue weighted by Crippen LogP contribution is -2.46. The smallest absolute Gasteiger partial charge is 0.392 e. The number of amides is 1. The van der Waals surface area contributed by atoms with Crippen molar-refractivity contribution in [2.24, 2.45) is 5.16 Å². The monoisotopic (exact) mass is 475 g/mol. The summed E-state index contributed by atoms with van der Waals surface area (Å²) in [5.41, 5.74) is 0.522. The number of carbonyl (C=O) groups excluding carboxylic acids is 1. The standard InChI is InChI=1S/C23H26FN3O5S/c24-19-8-10-20(11-9-19)33(29,30)27-15-12-23(13-16-27)17-21(26-32-23)31-22(28)25-14-4-7-18-5-2-1-3-6-18/h1-3,5-6,8-11H,4,7,12-17H2,(H,25,28). The molecule has 33 heavy (non-hydrogen) atoms. The van der Waals surface area contributed by atoms with Crippen molar-refractivity contribution in [2.75, 3.05) is 19.6 Å². The van der Waals surface area contributed by atoms with E-state index in [-0.39, 0.29) is 23.9 Å². The minimum Gasteiger partial charge on any atom is -0.392 e. The van der Waals surface area contributed by atoms with E-state index in [1.54, 1.807) is 0 Å². The second kappa shape index (κ2) is 9.88. The van der Waals surface area contributed by atoms with E-state index in [9.17, 15) is 17.6 Å². The zero-order valence-electron chi connectivity index (χ0n) is 18.1. The molecule has 176 valence electrons. The van der Waals surface area contributed by atoms with Gasteiger partial charge in [0.1, 0.15) is 11.4 Å². The normalized spacial score (nSPS) is 17.9. The summed E-state index contributed by atoms with van der Waals surface area (Å²) >= 11 is 0. The number of halogens is 1. The lowest BCUT2D eigenvalue weighted by molar-refractivity contribution is -0.0506. The Labute approximate surface area is 192 Å². The fraction of sp³-hybridized carbons (Fsp3) is 0.391. The van der Waals surface area contributed by atoms with E-state index in [0.29, 0.717) is 25.8 Å². The highest BCUT2D eigenvalue weighted by molar-refractivity contribution is 7.89. The van der Waals surface area contributed by atoms with Crippen molar-refractivity contribution in [3.63, 3.8) is 0 Å². The number of nitrogens with one attached hydrogen (secondary N) is 1. The first-order valence-electron chi connectivity index (χ1n) is 10.9. The van der Waals surface area contributed by atoms with Crippen molar-refractivity contribution < 1.29 is 27.2 Å². The molecule has 2 aromatic rings. The molecule has 4 rings (SSSR count). The molecule has 2 aliphatic rings. The first-order chi connectivity index (χ1) is 15.9. The number of hydrogen-bond acceptors (Lipinski definition) is 6. The Hall–Kier alpha value is -2.98. The molecule has 0 bridgehead atoms. The van der Waals surface area contributed by atoms with Crippen molar-refractivity contribution in [3.05, 3.63) is 66.0 Å². The number of benzene rings is 2. The van der Waals surface area contributed by atoms with Crippen molar-refractivity contribution in [1.29, 1.82) is 0 Å². The van der Waals surface area contributed by atoms with Gasteiger partial charge in [-0.25, -0.2) is 17.6 Å². The number of hydrogen-bond donors (Lipinski definition) is 1. The van der Waals surface area contributed by atoms with Gasteiger partial charge >= 0.3 is 6.09 Å². The molecule has 1 amide bonds. The van der Waals surface area contributed by atoms with Crippen LogP contribution in [-0.4, -0.2) is 49.9 Å². The predicted octanol–water partition coefficient (Wildman–Crippen LogP) is 3.44. The minimum absolute atomic E-state index is 0.0522. The molecule has 2 aliphatic heterocycles. The number of rotatable bonds is 6. The Morgan fingerprint density at radius 3 is 2.52 bits per heavy atom. The van der Waals surface area contributed by atoms with Gasteiger partial charge in [-0.2, -0.15) is 4.31 Å². The number of piperidine rings is 1. The highest BCUT2D eigenvalue weighted by atomic mass is 32.2. The van der Waals surface area contributed by atoms with Crippen molar-refractivity contribution >= 4 is 22.0 Å². The molecule has 1 saturated heterocycles.